The molecule has 0 atom stereocenters. The van der Waals surface area contributed by atoms with Crippen molar-refractivity contribution in [2.75, 3.05) is 31.1 Å². The number of hydrogen-bond donors (Lipinski definition) is 0. The van der Waals surface area contributed by atoms with Crippen molar-refractivity contribution in [2.45, 2.75) is 6.92 Å². The second kappa shape index (κ2) is 6.82. The van der Waals surface area contributed by atoms with Crippen molar-refractivity contribution in [3.05, 3.63) is 34.0 Å². The average molecular weight is 462 g/mol. The highest BCUT2D eigenvalue weighted by Gasteiger charge is 2.22. The molecule has 1 saturated heterocycles. The minimum atomic E-state index is 0.119. The maximum Gasteiger partial charge on any atom is 0.226 e. The SMILES string of the molecule is CC(=O)N1CCN(c2ncc(I)c(-c3nc4ccccc4n3C)n2)CC1. The van der Waals surface area contributed by atoms with Crippen molar-refractivity contribution >= 4 is 45.5 Å². The van der Waals surface area contributed by atoms with E-state index in [-0.39, 0.29) is 5.91 Å². The topological polar surface area (TPSA) is 67.2 Å². The van der Waals surface area contributed by atoms with Crippen molar-refractivity contribution in [1.29, 1.82) is 0 Å². The monoisotopic (exact) mass is 462 g/mol. The Morgan fingerprint density at radius 2 is 1.85 bits per heavy atom. The summed E-state index contributed by atoms with van der Waals surface area (Å²) in [6.45, 7) is 4.49. The van der Waals surface area contributed by atoms with E-state index in [1.54, 1.807) is 6.92 Å². The Balaban J connectivity index is 1.69. The Bertz CT molecular complexity index is 977. The number of aromatic nitrogens is 4. The van der Waals surface area contributed by atoms with Crippen LogP contribution in [0.4, 0.5) is 5.95 Å². The van der Waals surface area contributed by atoms with Gasteiger partial charge in [-0.25, -0.2) is 15.0 Å². The fourth-order valence-electron chi connectivity index (χ4n) is 3.25. The maximum absolute atomic E-state index is 11.5. The molecule has 1 aromatic carbocycles. The molecule has 3 aromatic rings. The number of rotatable bonds is 2. The molecule has 1 aliphatic heterocycles. The number of hydrogen-bond acceptors (Lipinski definition) is 5. The summed E-state index contributed by atoms with van der Waals surface area (Å²) in [5.74, 6) is 1.64. The number of anilines is 1. The summed E-state index contributed by atoms with van der Waals surface area (Å²) in [6, 6.07) is 8.07. The Hall–Kier alpha value is -2.23. The van der Waals surface area contributed by atoms with Crippen LogP contribution in [0.3, 0.4) is 0 Å². The summed E-state index contributed by atoms with van der Waals surface area (Å²) < 4.78 is 3.03. The van der Waals surface area contributed by atoms with Crippen molar-refractivity contribution in [1.82, 2.24) is 24.4 Å². The number of para-hydroxylation sites is 2. The highest BCUT2D eigenvalue weighted by Crippen LogP contribution is 2.27. The molecule has 134 valence electrons. The number of benzene rings is 1. The van der Waals surface area contributed by atoms with Gasteiger partial charge in [-0.3, -0.25) is 4.79 Å². The van der Waals surface area contributed by atoms with Crippen LogP contribution in [0, 0.1) is 3.57 Å². The molecule has 0 unspecified atom stereocenters. The lowest BCUT2D eigenvalue weighted by atomic mass is 10.3. The van der Waals surface area contributed by atoms with Gasteiger partial charge in [-0.2, -0.15) is 0 Å². The van der Waals surface area contributed by atoms with E-state index in [0.29, 0.717) is 19.0 Å². The van der Waals surface area contributed by atoms with E-state index in [0.717, 1.165) is 39.2 Å². The van der Waals surface area contributed by atoms with Gasteiger partial charge >= 0.3 is 0 Å². The van der Waals surface area contributed by atoms with Crippen LogP contribution in [0.1, 0.15) is 6.92 Å². The fourth-order valence-corrected chi connectivity index (χ4v) is 3.75. The van der Waals surface area contributed by atoms with Crippen LogP contribution >= 0.6 is 22.6 Å². The van der Waals surface area contributed by atoms with Crippen LogP contribution in [-0.2, 0) is 11.8 Å². The molecular formula is C18H19IN6O. The third-order valence-electron chi connectivity index (χ3n) is 4.74. The van der Waals surface area contributed by atoms with Crippen molar-refractivity contribution in [3.8, 4) is 11.5 Å². The predicted octanol–water partition coefficient (Wildman–Crippen LogP) is 2.30. The second-order valence-corrected chi connectivity index (χ2v) is 7.50. The van der Waals surface area contributed by atoms with Gasteiger partial charge < -0.3 is 14.4 Å². The van der Waals surface area contributed by atoms with Gasteiger partial charge in [0.1, 0.15) is 5.69 Å². The number of amides is 1. The van der Waals surface area contributed by atoms with Gasteiger partial charge in [0.15, 0.2) is 5.82 Å². The van der Waals surface area contributed by atoms with E-state index in [9.17, 15) is 4.79 Å². The molecule has 4 rings (SSSR count). The van der Waals surface area contributed by atoms with Gasteiger partial charge in [0.25, 0.3) is 0 Å². The third kappa shape index (κ3) is 3.02. The number of carbonyl (C=O) groups is 1. The van der Waals surface area contributed by atoms with Gasteiger partial charge in [0.05, 0.1) is 14.6 Å². The molecule has 0 N–H and O–H groups in total. The number of carbonyl (C=O) groups excluding carboxylic acids is 1. The molecule has 3 heterocycles. The lowest BCUT2D eigenvalue weighted by molar-refractivity contribution is -0.129. The zero-order chi connectivity index (χ0) is 18.3. The van der Waals surface area contributed by atoms with Crippen LogP contribution in [0.5, 0.6) is 0 Å². The van der Waals surface area contributed by atoms with Crippen LogP contribution in [0.25, 0.3) is 22.6 Å². The number of piperazine rings is 1. The smallest absolute Gasteiger partial charge is 0.226 e. The summed E-state index contributed by atoms with van der Waals surface area (Å²) in [5, 5.41) is 0. The molecule has 0 radical (unpaired) electrons. The van der Waals surface area contributed by atoms with E-state index in [1.165, 1.54) is 0 Å². The Morgan fingerprint density at radius 1 is 1.12 bits per heavy atom. The summed E-state index contributed by atoms with van der Waals surface area (Å²) in [5.41, 5.74) is 2.87. The molecule has 2 aromatic heterocycles. The summed E-state index contributed by atoms with van der Waals surface area (Å²) >= 11 is 2.25. The van der Waals surface area contributed by atoms with Gasteiger partial charge in [-0.15, -0.1) is 0 Å². The molecule has 7 nitrogen and oxygen atoms in total. The summed E-state index contributed by atoms with van der Waals surface area (Å²) in [6.07, 6.45) is 1.84. The number of halogens is 1. The molecule has 8 heteroatoms. The highest BCUT2D eigenvalue weighted by molar-refractivity contribution is 14.1. The minimum absolute atomic E-state index is 0.119. The molecule has 1 fully saturated rings. The molecule has 0 saturated carbocycles. The van der Waals surface area contributed by atoms with Gasteiger partial charge in [-0.05, 0) is 34.7 Å². The largest absolute Gasteiger partial charge is 0.339 e. The Morgan fingerprint density at radius 3 is 2.54 bits per heavy atom. The van der Waals surface area contributed by atoms with Gasteiger partial charge in [0.2, 0.25) is 11.9 Å². The number of fused-ring (bicyclic) bond motifs is 1. The third-order valence-corrected chi connectivity index (χ3v) is 5.53. The highest BCUT2D eigenvalue weighted by atomic mass is 127. The first-order valence-corrected chi connectivity index (χ1v) is 9.57. The van der Waals surface area contributed by atoms with Crippen LogP contribution < -0.4 is 4.90 Å². The van der Waals surface area contributed by atoms with E-state index in [4.69, 9.17) is 9.97 Å². The molecule has 1 aliphatic rings. The van der Waals surface area contributed by atoms with Gasteiger partial charge in [0, 0.05) is 46.3 Å². The average Bonchev–Trinajstić information content (AvgIpc) is 2.99. The molecule has 0 spiro atoms. The standard InChI is InChI=1S/C18H19IN6O/c1-12(26)24-7-9-25(10-8-24)18-20-11-13(19)16(22-18)17-21-14-5-3-4-6-15(14)23(17)2/h3-6,11H,7-10H2,1-2H3. The van der Waals surface area contributed by atoms with Crippen LogP contribution in [0.2, 0.25) is 0 Å². The van der Waals surface area contributed by atoms with Crippen LogP contribution in [-0.4, -0.2) is 56.5 Å². The number of aryl methyl sites for hydroxylation is 1. The summed E-state index contributed by atoms with van der Waals surface area (Å²) in [4.78, 5) is 29.6. The first kappa shape index (κ1) is 17.2. The predicted molar refractivity (Wildman–Crippen MR) is 109 cm³/mol. The van der Waals surface area contributed by atoms with E-state index in [1.807, 2.05) is 36.3 Å². The van der Waals surface area contributed by atoms with Crippen LogP contribution in [0.15, 0.2) is 30.5 Å². The quantitative estimate of drug-likeness (QED) is 0.547. The lowest BCUT2D eigenvalue weighted by Crippen LogP contribution is -2.48. The van der Waals surface area contributed by atoms with Crippen molar-refractivity contribution in [3.63, 3.8) is 0 Å². The zero-order valence-electron chi connectivity index (χ0n) is 14.7. The molecule has 0 aliphatic carbocycles. The van der Waals surface area contributed by atoms with Crippen molar-refractivity contribution < 1.29 is 4.79 Å². The molecule has 0 bridgehead atoms. The van der Waals surface area contributed by atoms with E-state index in [2.05, 4.69) is 43.1 Å². The second-order valence-electron chi connectivity index (χ2n) is 6.34. The van der Waals surface area contributed by atoms with Crippen molar-refractivity contribution in [2.24, 2.45) is 7.05 Å². The zero-order valence-corrected chi connectivity index (χ0v) is 16.8. The normalized spacial score (nSPS) is 14.9. The Labute approximate surface area is 165 Å². The van der Waals surface area contributed by atoms with Gasteiger partial charge in [-0.1, -0.05) is 12.1 Å². The minimum Gasteiger partial charge on any atom is -0.339 e. The first-order valence-electron chi connectivity index (χ1n) is 8.49. The Kier molecular flexibility index (Phi) is 4.51. The summed E-state index contributed by atoms with van der Waals surface area (Å²) in [7, 11) is 2.01. The molecular weight excluding hydrogens is 443 g/mol. The molecule has 26 heavy (non-hydrogen) atoms. The van der Waals surface area contributed by atoms with E-state index >= 15 is 0 Å². The maximum atomic E-state index is 11.5. The number of nitrogens with zero attached hydrogens (tertiary/aromatic N) is 6. The number of imidazole rings is 1. The van der Waals surface area contributed by atoms with E-state index < -0.39 is 0 Å². The lowest BCUT2D eigenvalue weighted by Gasteiger charge is -2.34. The fraction of sp³-hybridized carbons (Fsp3) is 0.333. The molecule has 1 amide bonds. The first-order chi connectivity index (χ1) is 12.5.